The van der Waals surface area contributed by atoms with Crippen LogP contribution in [0.3, 0.4) is 0 Å². The highest BCUT2D eigenvalue weighted by molar-refractivity contribution is 8.01. The van der Waals surface area contributed by atoms with Gasteiger partial charge in [0.1, 0.15) is 17.1 Å². The van der Waals surface area contributed by atoms with Gasteiger partial charge in [-0.3, -0.25) is 19.0 Å². The van der Waals surface area contributed by atoms with Crippen molar-refractivity contribution in [1.29, 1.82) is 0 Å². The number of thioether (sulfide) groups is 2. The molecule has 2 unspecified atom stereocenters. The monoisotopic (exact) mass is 572 g/mol. The van der Waals surface area contributed by atoms with E-state index in [0.29, 0.717) is 24.1 Å². The molecule has 200 valence electrons. The normalized spacial score (nSPS) is 22.5. The summed E-state index contributed by atoms with van der Waals surface area (Å²) in [5.74, 6) is -2.09. The second-order valence-electron chi connectivity index (χ2n) is 8.28. The van der Waals surface area contributed by atoms with Gasteiger partial charge in [-0.05, 0) is 29.2 Å². The summed E-state index contributed by atoms with van der Waals surface area (Å²) in [5, 5.41) is 25.0. The lowest BCUT2D eigenvalue weighted by molar-refractivity contribution is -0.150. The second kappa shape index (κ2) is 11.2. The Balaban J connectivity index is 1.51. The van der Waals surface area contributed by atoms with E-state index >= 15 is 0 Å². The molecule has 1 aromatic heterocycles. The van der Waals surface area contributed by atoms with Gasteiger partial charge in [0.25, 0.3) is 5.91 Å². The summed E-state index contributed by atoms with van der Waals surface area (Å²) < 4.78 is 33.1. The van der Waals surface area contributed by atoms with Crippen LogP contribution in [0.15, 0.2) is 39.8 Å². The molecule has 0 spiro atoms. The van der Waals surface area contributed by atoms with Crippen molar-refractivity contribution in [3.05, 3.63) is 34.7 Å². The molecule has 3 heterocycles. The van der Waals surface area contributed by atoms with Crippen molar-refractivity contribution in [3.8, 4) is 0 Å². The number of nitrogens with one attached hydrogen (secondary N) is 3. The van der Waals surface area contributed by atoms with Gasteiger partial charge in [-0.15, -0.1) is 22.0 Å². The predicted molar refractivity (Wildman–Crippen MR) is 132 cm³/mol. The molecular weight excluding hydrogens is 548 g/mol. The largest absolute Gasteiger partial charge is 0.477 e. The highest BCUT2D eigenvalue weighted by Crippen LogP contribution is 2.44. The summed E-state index contributed by atoms with van der Waals surface area (Å²) >= 11 is 2.31. The molecule has 0 radical (unpaired) electrons. The van der Waals surface area contributed by atoms with E-state index in [0.717, 1.165) is 22.2 Å². The summed E-state index contributed by atoms with van der Waals surface area (Å²) in [4.78, 5) is 39.0. The first-order valence-corrected chi connectivity index (χ1v) is 14.4. The van der Waals surface area contributed by atoms with E-state index < -0.39 is 38.8 Å². The molecule has 0 bridgehead atoms. The lowest BCUT2D eigenvalue weighted by atomic mass is 9.98. The van der Waals surface area contributed by atoms with E-state index in [1.807, 2.05) is 16.9 Å². The van der Waals surface area contributed by atoms with Gasteiger partial charge in [0.05, 0.1) is 0 Å². The van der Waals surface area contributed by atoms with Crippen molar-refractivity contribution in [2.24, 2.45) is 5.73 Å². The van der Waals surface area contributed by atoms with E-state index in [9.17, 15) is 27.9 Å². The number of allylic oxidation sites excluding steroid dienone is 2. The SMILES string of the molecule is NC1=C(CC(=O)NC2C(=O)N3C(C(=O)O)=C(C(CCNS(=O)(=O)O)Sc4nn[nH]n4)CS[C@@H]23)CC=CC1. The van der Waals surface area contributed by atoms with Crippen LogP contribution in [0.25, 0.3) is 0 Å². The maximum Gasteiger partial charge on any atom is 0.352 e. The predicted octanol–water partition coefficient (Wildman–Crippen LogP) is -0.866. The van der Waals surface area contributed by atoms with Gasteiger partial charge in [0, 0.05) is 36.1 Å². The minimum Gasteiger partial charge on any atom is -0.477 e. The number of tetrazole rings is 1. The molecule has 1 saturated heterocycles. The second-order valence-corrected chi connectivity index (χ2v) is 11.8. The van der Waals surface area contributed by atoms with Crippen LogP contribution in [-0.2, 0) is 24.7 Å². The van der Waals surface area contributed by atoms with Crippen molar-refractivity contribution in [2.75, 3.05) is 12.3 Å². The minimum atomic E-state index is -4.46. The summed E-state index contributed by atoms with van der Waals surface area (Å²) in [6, 6.07) is -0.890. The van der Waals surface area contributed by atoms with Crippen LogP contribution in [0.4, 0.5) is 0 Å². The number of carbonyl (C=O) groups excluding carboxylic acids is 2. The summed E-state index contributed by atoms with van der Waals surface area (Å²) in [6.45, 7) is -0.209. The lowest BCUT2D eigenvalue weighted by Crippen LogP contribution is -2.70. The Labute approximate surface area is 219 Å². The number of aromatic amines is 1. The molecule has 2 amide bonds. The molecule has 4 rings (SSSR count). The highest BCUT2D eigenvalue weighted by Gasteiger charge is 2.54. The third-order valence-electron chi connectivity index (χ3n) is 5.87. The molecule has 0 aromatic carbocycles. The number of hydrogen-bond acceptors (Lipinski definition) is 11. The van der Waals surface area contributed by atoms with Gasteiger partial charge < -0.3 is 16.2 Å². The fourth-order valence-corrected chi connectivity index (χ4v) is 7.07. The van der Waals surface area contributed by atoms with Gasteiger partial charge in [-0.25, -0.2) is 4.79 Å². The standard InChI is InChI=1S/C19H24N8O7S3/c20-11-4-2-1-3-9(11)7-13(28)22-14-16(29)27-15(18(30)31)10(8-35-17(14)27)12(5-6-21-37(32,33)34)36-19-23-25-26-24-19/h1-2,12,14,17,21H,3-8,20H2,(H,22,28)(H,30,31)(H,32,33,34)(H,23,24,25,26)/t12?,14?,17-/m0/s1. The topological polar surface area (TPSA) is 234 Å². The number of rotatable bonds is 11. The molecule has 37 heavy (non-hydrogen) atoms. The molecule has 1 aromatic rings. The number of aliphatic carboxylic acids is 1. The number of nitrogens with two attached hydrogens (primary N) is 1. The zero-order valence-electron chi connectivity index (χ0n) is 19.2. The van der Waals surface area contributed by atoms with E-state index in [2.05, 4.69) is 25.9 Å². The van der Waals surface area contributed by atoms with E-state index in [1.165, 1.54) is 11.8 Å². The Hall–Kier alpha value is -2.93. The number of carbonyl (C=O) groups is 3. The first-order chi connectivity index (χ1) is 17.5. The van der Waals surface area contributed by atoms with Crippen LogP contribution in [0.1, 0.15) is 25.7 Å². The van der Waals surface area contributed by atoms with Crippen molar-refractivity contribution in [3.63, 3.8) is 0 Å². The van der Waals surface area contributed by atoms with Crippen LogP contribution < -0.4 is 15.8 Å². The zero-order chi connectivity index (χ0) is 26.7. The number of amides is 2. The molecule has 2 aliphatic heterocycles. The number of hydrogen-bond donors (Lipinski definition) is 6. The fraction of sp³-hybridized carbons (Fsp3) is 0.474. The molecule has 1 aliphatic carbocycles. The number of H-pyrrole nitrogens is 1. The van der Waals surface area contributed by atoms with Gasteiger partial charge in [-0.1, -0.05) is 23.9 Å². The molecule has 1 fully saturated rings. The van der Waals surface area contributed by atoms with Crippen molar-refractivity contribution < 1.29 is 32.5 Å². The van der Waals surface area contributed by atoms with E-state index in [-0.39, 0.29) is 41.9 Å². The number of carboxylic acids is 1. The number of nitrogens with zero attached hydrogens (tertiary/aromatic N) is 4. The van der Waals surface area contributed by atoms with Gasteiger partial charge in [0.2, 0.25) is 11.1 Å². The van der Waals surface area contributed by atoms with Crippen LogP contribution in [0, 0.1) is 0 Å². The maximum atomic E-state index is 13.0. The lowest BCUT2D eigenvalue weighted by Gasteiger charge is -2.50. The van der Waals surface area contributed by atoms with Crippen molar-refractivity contribution in [2.45, 2.75) is 47.5 Å². The third-order valence-corrected chi connectivity index (χ3v) is 8.93. The van der Waals surface area contributed by atoms with Gasteiger partial charge in [0.15, 0.2) is 0 Å². The van der Waals surface area contributed by atoms with Crippen LogP contribution in [-0.4, -0.2) is 90.3 Å². The summed E-state index contributed by atoms with van der Waals surface area (Å²) in [7, 11) is -4.46. The number of carboxylic acid groups (broad SMARTS) is 1. The average molecular weight is 573 g/mol. The van der Waals surface area contributed by atoms with Crippen LogP contribution in [0.2, 0.25) is 0 Å². The average Bonchev–Trinajstić information content (AvgIpc) is 3.35. The Morgan fingerprint density at radius 3 is 2.76 bits per heavy atom. The number of fused-ring (bicyclic) bond motifs is 1. The Bertz CT molecular complexity index is 1280. The quantitative estimate of drug-likeness (QED) is 0.0820. The van der Waals surface area contributed by atoms with Crippen molar-refractivity contribution in [1.82, 2.24) is 35.6 Å². The first-order valence-electron chi connectivity index (χ1n) is 11.0. The van der Waals surface area contributed by atoms with E-state index in [1.54, 1.807) is 0 Å². The molecule has 7 N–H and O–H groups in total. The first kappa shape index (κ1) is 27.1. The van der Waals surface area contributed by atoms with E-state index in [4.69, 9.17) is 10.3 Å². The fourth-order valence-electron chi connectivity index (χ4n) is 4.16. The Morgan fingerprint density at radius 2 is 2.11 bits per heavy atom. The molecule has 15 nitrogen and oxygen atoms in total. The molecule has 3 atom stereocenters. The minimum absolute atomic E-state index is 0.0500. The molecule has 3 aliphatic rings. The number of aromatic nitrogens is 4. The molecular formula is C19H24N8O7S3. The highest BCUT2D eigenvalue weighted by atomic mass is 32.2. The maximum absolute atomic E-state index is 13.0. The van der Waals surface area contributed by atoms with Crippen LogP contribution in [0.5, 0.6) is 0 Å². The zero-order valence-corrected chi connectivity index (χ0v) is 21.6. The molecule has 0 saturated carbocycles. The third kappa shape index (κ3) is 6.32. The van der Waals surface area contributed by atoms with Gasteiger partial charge >= 0.3 is 16.3 Å². The van der Waals surface area contributed by atoms with Gasteiger partial charge in [-0.2, -0.15) is 18.4 Å². The number of β-lactam (4-membered cyclic amide) rings is 1. The molecule has 18 heteroatoms. The van der Waals surface area contributed by atoms with Crippen LogP contribution >= 0.6 is 23.5 Å². The Morgan fingerprint density at radius 1 is 1.35 bits per heavy atom. The smallest absolute Gasteiger partial charge is 0.352 e. The summed E-state index contributed by atoms with van der Waals surface area (Å²) in [5.41, 5.74) is 7.49. The Kier molecular flexibility index (Phi) is 8.22. The summed E-state index contributed by atoms with van der Waals surface area (Å²) in [6.07, 6.45) is 5.08. The van der Waals surface area contributed by atoms with Crippen molar-refractivity contribution >= 4 is 51.6 Å².